The second-order valence-electron chi connectivity index (χ2n) is 8.58. The lowest BCUT2D eigenvalue weighted by atomic mass is 9.87. The molecule has 5 heteroatoms. The van der Waals surface area contributed by atoms with Crippen molar-refractivity contribution in [2.24, 2.45) is 11.7 Å². The average Bonchev–Trinajstić information content (AvgIpc) is 3.16. The molecule has 4 rings (SSSR count). The van der Waals surface area contributed by atoms with Crippen LogP contribution >= 0.6 is 12.4 Å². The molecule has 0 spiro atoms. The predicted molar refractivity (Wildman–Crippen MR) is 123 cm³/mol. The summed E-state index contributed by atoms with van der Waals surface area (Å²) in [5.41, 5.74) is 9.22. The van der Waals surface area contributed by atoms with Crippen LogP contribution < -0.4 is 15.2 Å². The van der Waals surface area contributed by atoms with Crippen LogP contribution in [-0.4, -0.2) is 30.0 Å². The van der Waals surface area contributed by atoms with Gasteiger partial charge >= 0.3 is 0 Å². The highest BCUT2D eigenvalue weighted by Gasteiger charge is 2.28. The summed E-state index contributed by atoms with van der Waals surface area (Å²) in [4.78, 5) is 0. The van der Waals surface area contributed by atoms with Crippen molar-refractivity contribution < 1.29 is 14.6 Å². The molecule has 2 aliphatic rings. The number of aliphatic hydroxyl groups excluding tert-OH is 1. The molecule has 1 saturated carbocycles. The Morgan fingerprint density at radius 1 is 0.933 bits per heavy atom. The van der Waals surface area contributed by atoms with Gasteiger partial charge in [-0.1, -0.05) is 24.3 Å². The second kappa shape index (κ2) is 11.0. The Hall–Kier alpha value is -1.75. The Balaban J connectivity index is 0.00000256. The van der Waals surface area contributed by atoms with Crippen molar-refractivity contribution in [3.63, 3.8) is 0 Å². The Morgan fingerprint density at radius 3 is 2.47 bits per heavy atom. The third-order valence-electron chi connectivity index (χ3n) is 6.44. The number of halogens is 1. The van der Waals surface area contributed by atoms with E-state index in [1.165, 1.54) is 24.0 Å². The average molecular weight is 432 g/mol. The number of benzene rings is 2. The molecule has 2 aromatic carbocycles. The third kappa shape index (κ3) is 5.90. The highest BCUT2D eigenvalue weighted by atomic mass is 35.5. The van der Waals surface area contributed by atoms with E-state index in [9.17, 15) is 5.11 Å². The quantitative estimate of drug-likeness (QED) is 0.624. The fourth-order valence-corrected chi connectivity index (χ4v) is 4.70. The second-order valence-corrected chi connectivity index (χ2v) is 8.58. The van der Waals surface area contributed by atoms with Crippen molar-refractivity contribution in [1.82, 2.24) is 0 Å². The van der Waals surface area contributed by atoms with Gasteiger partial charge < -0.3 is 20.3 Å². The van der Waals surface area contributed by atoms with Crippen LogP contribution in [0.15, 0.2) is 48.5 Å². The van der Waals surface area contributed by atoms with E-state index in [1.807, 2.05) is 30.3 Å². The smallest absolute Gasteiger partial charge is 0.120 e. The zero-order valence-electron chi connectivity index (χ0n) is 17.5. The van der Waals surface area contributed by atoms with Crippen LogP contribution in [0, 0.1) is 5.92 Å². The summed E-state index contributed by atoms with van der Waals surface area (Å²) in [5, 5.41) is 10.6. The van der Waals surface area contributed by atoms with Crippen molar-refractivity contribution in [1.29, 1.82) is 0 Å². The highest BCUT2D eigenvalue weighted by molar-refractivity contribution is 5.85. The van der Waals surface area contributed by atoms with Crippen LogP contribution in [0.2, 0.25) is 0 Å². The zero-order valence-corrected chi connectivity index (χ0v) is 18.4. The standard InChI is InChI=1S/C25H33NO3.ClH/c26-25(24(27)17-28-21-9-2-1-3-10-21)19-8-6-7-18-13-14-23(16-20(18)15-19)29-22-11-4-5-12-22;/h1-3,9-10,13-14,16,19,22,24-25,27H,4-8,11-12,15,17,26H2;1H/t19?,24-,25?;/m1./s1. The minimum absolute atomic E-state index is 0. The van der Waals surface area contributed by atoms with Crippen molar-refractivity contribution >= 4 is 12.4 Å². The van der Waals surface area contributed by atoms with Gasteiger partial charge in [0.2, 0.25) is 0 Å². The van der Waals surface area contributed by atoms with Crippen LogP contribution in [-0.2, 0) is 12.8 Å². The number of aliphatic hydroxyl groups is 1. The van der Waals surface area contributed by atoms with E-state index in [0.717, 1.165) is 50.0 Å². The normalized spacial score (nSPS) is 21.1. The van der Waals surface area contributed by atoms with Crippen LogP contribution in [0.5, 0.6) is 11.5 Å². The molecule has 4 nitrogen and oxygen atoms in total. The highest BCUT2D eigenvalue weighted by Crippen LogP contribution is 2.31. The fraction of sp³-hybridized carbons (Fsp3) is 0.520. The maximum atomic E-state index is 10.6. The summed E-state index contributed by atoms with van der Waals surface area (Å²) in [6.45, 7) is 0.222. The Kier molecular flexibility index (Phi) is 8.43. The Morgan fingerprint density at radius 2 is 1.70 bits per heavy atom. The van der Waals surface area contributed by atoms with E-state index in [4.69, 9.17) is 15.2 Å². The van der Waals surface area contributed by atoms with Gasteiger partial charge in [-0.05, 0) is 92.7 Å². The van der Waals surface area contributed by atoms with Gasteiger partial charge in [0, 0.05) is 6.04 Å². The molecule has 1 fully saturated rings. The number of nitrogens with two attached hydrogens (primary N) is 1. The van der Waals surface area contributed by atoms with Gasteiger partial charge in [0.25, 0.3) is 0 Å². The number of hydrogen-bond acceptors (Lipinski definition) is 4. The van der Waals surface area contributed by atoms with Gasteiger partial charge in [-0.15, -0.1) is 12.4 Å². The van der Waals surface area contributed by atoms with Gasteiger partial charge in [-0.25, -0.2) is 0 Å². The maximum Gasteiger partial charge on any atom is 0.120 e. The van der Waals surface area contributed by atoms with Gasteiger partial charge in [-0.2, -0.15) is 0 Å². The predicted octanol–water partition coefficient (Wildman–Crippen LogP) is 4.69. The molecule has 2 aromatic rings. The molecule has 0 radical (unpaired) electrons. The van der Waals surface area contributed by atoms with Gasteiger partial charge in [0.15, 0.2) is 0 Å². The first-order chi connectivity index (χ1) is 14.2. The lowest BCUT2D eigenvalue weighted by Crippen LogP contribution is -2.45. The first kappa shape index (κ1) is 22.9. The molecule has 3 N–H and O–H groups in total. The molecular weight excluding hydrogens is 398 g/mol. The number of para-hydroxylation sites is 1. The molecule has 0 amide bonds. The molecule has 0 saturated heterocycles. The summed E-state index contributed by atoms with van der Waals surface area (Å²) in [5.74, 6) is 1.99. The van der Waals surface area contributed by atoms with Crippen LogP contribution in [0.1, 0.15) is 49.7 Å². The molecule has 0 bridgehead atoms. The van der Waals surface area contributed by atoms with Crippen LogP contribution in [0.4, 0.5) is 0 Å². The minimum Gasteiger partial charge on any atom is -0.491 e. The summed E-state index contributed by atoms with van der Waals surface area (Å²) >= 11 is 0. The van der Waals surface area contributed by atoms with E-state index in [2.05, 4.69) is 18.2 Å². The SMILES string of the molecule is Cl.NC(C1CCCc2ccc(OC3CCCC3)cc2C1)[C@H](O)COc1ccccc1. The monoisotopic (exact) mass is 431 g/mol. The van der Waals surface area contributed by atoms with Crippen molar-refractivity contribution in [3.8, 4) is 11.5 Å². The van der Waals surface area contributed by atoms with Gasteiger partial charge in [-0.3, -0.25) is 0 Å². The maximum absolute atomic E-state index is 10.6. The lowest BCUT2D eigenvalue weighted by molar-refractivity contribution is 0.0645. The van der Waals surface area contributed by atoms with Crippen LogP contribution in [0.25, 0.3) is 0 Å². The number of ether oxygens (including phenoxy) is 2. The molecule has 164 valence electrons. The minimum atomic E-state index is -0.681. The zero-order chi connectivity index (χ0) is 20.1. The Labute approximate surface area is 186 Å². The van der Waals surface area contributed by atoms with E-state index >= 15 is 0 Å². The molecule has 0 aliphatic heterocycles. The summed E-state index contributed by atoms with van der Waals surface area (Å²) in [7, 11) is 0. The van der Waals surface area contributed by atoms with Crippen molar-refractivity contribution in [3.05, 3.63) is 59.7 Å². The van der Waals surface area contributed by atoms with Gasteiger partial charge in [0.1, 0.15) is 24.2 Å². The largest absolute Gasteiger partial charge is 0.491 e. The van der Waals surface area contributed by atoms with E-state index in [0.29, 0.717) is 6.10 Å². The Bertz CT molecular complexity index is 779. The fourth-order valence-electron chi connectivity index (χ4n) is 4.70. The van der Waals surface area contributed by atoms with Gasteiger partial charge in [0.05, 0.1) is 6.10 Å². The van der Waals surface area contributed by atoms with E-state index in [1.54, 1.807) is 0 Å². The number of aryl methyl sites for hydroxylation is 1. The first-order valence-corrected chi connectivity index (χ1v) is 11.1. The number of rotatable bonds is 7. The molecule has 0 aromatic heterocycles. The van der Waals surface area contributed by atoms with Crippen molar-refractivity contribution in [2.45, 2.75) is 69.6 Å². The topological polar surface area (TPSA) is 64.7 Å². The molecule has 0 heterocycles. The molecule has 2 unspecified atom stereocenters. The first-order valence-electron chi connectivity index (χ1n) is 11.1. The number of hydrogen-bond donors (Lipinski definition) is 2. The van der Waals surface area contributed by atoms with E-state index < -0.39 is 6.10 Å². The summed E-state index contributed by atoms with van der Waals surface area (Å²) in [6.07, 6.45) is 8.65. The lowest BCUT2D eigenvalue weighted by Gasteiger charge is -2.27. The molecular formula is C25H34ClNO3. The number of fused-ring (bicyclic) bond motifs is 1. The van der Waals surface area contributed by atoms with Crippen molar-refractivity contribution in [2.75, 3.05) is 6.61 Å². The van der Waals surface area contributed by atoms with E-state index in [-0.39, 0.29) is 31.0 Å². The molecule has 3 atom stereocenters. The molecule has 2 aliphatic carbocycles. The summed E-state index contributed by atoms with van der Waals surface area (Å²) < 4.78 is 11.9. The summed E-state index contributed by atoms with van der Waals surface area (Å²) in [6, 6.07) is 15.8. The van der Waals surface area contributed by atoms with Crippen LogP contribution in [0.3, 0.4) is 0 Å². The third-order valence-corrected chi connectivity index (χ3v) is 6.44. The molecule has 30 heavy (non-hydrogen) atoms.